The molecule has 28 heavy (non-hydrogen) atoms. The van der Waals surface area contributed by atoms with E-state index >= 15 is 0 Å². The third kappa shape index (κ3) is 4.49. The lowest BCUT2D eigenvalue weighted by Gasteiger charge is -2.32. The normalized spacial score (nSPS) is 19.0. The number of methoxy groups -OCH3 is 1. The molecule has 2 fully saturated rings. The molecule has 0 bridgehead atoms. The zero-order chi connectivity index (χ0) is 19.3. The minimum atomic E-state index is -0.0385. The largest absolute Gasteiger partial charge is 0.467 e. The van der Waals surface area contributed by atoms with Crippen molar-refractivity contribution in [2.75, 3.05) is 38.2 Å². The fourth-order valence-corrected chi connectivity index (χ4v) is 4.10. The van der Waals surface area contributed by atoms with E-state index in [-0.39, 0.29) is 5.56 Å². The molecule has 0 saturated carbocycles. The summed E-state index contributed by atoms with van der Waals surface area (Å²) in [6.45, 7) is 4.75. The fraction of sp³-hybridized carbons (Fsp3) is 0.600. The highest BCUT2D eigenvalue weighted by Crippen LogP contribution is 2.28. The van der Waals surface area contributed by atoms with Crippen molar-refractivity contribution in [1.29, 1.82) is 0 Å². The SMILES string of the molecule is COc1ncc(CN2CCC(c3cc(=O)[nH]c(N4CCCCC4)n3)CC2)cn1. The monoisotopic (exact) mass is 384 g/mol. The number of nitrogens with zero attached hydrogens (tertiary/aromatic N) is 5. The van der Waals surface area contributed by atoms with Gasteiger partial charge in [0.05, 0.1) is 12.8 Å². The first kappa shape index (κ1) is 18.9. The number of aromatic nitrogens is 4. The maximum atomic E-state index is 12.2. The molecule has 4 rings (SSSR count). The van der Waals surface area contributed by atoms with Gasteiger partial charge in [0.25, 0.3) is 5.56 Å². The van der Waals surface area contributed by atoms with Crippen molar-refractivity contribution >= 4 is 5.95 Å². The van der Waals surface area contributed by atoms with Crippen LogP contribution in [0.2, 0.25) is 0 Å². The first-order valence-electron chi connectivity index (χ1n) is 10.1. The van der Waals surface area contributed by atoms with E-state index in [0.29, 0.717) is 11.9 Å². The topological polar surface area (TPSA) is 87.2 Å². The van der Waals surface area contributed by atoms with Crippen molar-refractivity contribution in [3.05, 3.63) is 40.1 Å². The summed E-state index contributed by atoms with van der Waals surface area (Å²) in [5, 5.41) is 0. The first-order chi connectivity index (χ1) is 13.7. The van der Waals surface area contributed by atoms with Crippen LogP contribution in [0, 0.1) is 0 Å². The Bertz CT molecular complexity index is 823. The Labute approximate surface area is 165 Å². The smallest absolute Gasteiger partial charge is 0.316 e. The zero-order valence-corrected chi connectivity index (χ0v) is 16.4. The second-order valence-electron chi connectivity index (χ2n) is 7.67. The molecule has 0 spiro atoms. The molecule has 150 valence electrons. The Morgan fingerprint density at radius 3 is 2.50 bits per heavy atom. The molecular formula is C20H28N6O2. The summed E-state index contributed by atoms with van der Waals surface area (Å²) in [4.78, 5) is 32.9. The Morgan fingerprint density at radius 2 is 1.82 bits per heavy atom. The van der Waals surface area contributed by atoms with Gasteiger partial charge in [-0.15, -0.1) is 0 Å². The van der Waals surface area contributed by atoms with Gasteiger partial charge < -0.3 is 9.64 Å². The van der Waals surface area contributed by atoms with Crippen LogP contribution >= 0.6 is 0 Å². The summed E-state index contributed by atoms with van der Waals surface area (Å²) in [7, 11) is 1.57. The van der Waals surface area contributed by atoms with Crippen molar-refractivity contribution in [3.8, 4) is 6.01 Å². The van der Waals surface area contributed by atoms with Gasteiger partial charge in [-0.05, 0) is 45.2 Å². The fourth-order valence-electron chi connectivity index (χ4n) is 4.10. The number of hydrogen-bond acceptors (Lipinski definition) is 7. The maximum absolute atomic E-state index is 12.2. The van der Waals surface area contributed by atoms with Crippen LogP contribution in [0.15, 0.2) is 23.3 Å². The van der Waals surface area contributed by atoms with Crippen LogP contribution in [0.25, 0.3) is 0 Å². The Morgan fingerprint density at radius 1 is 1.11 bits per heavy atom. The van der Waals surface area contributed by atoms with Gasteiger partial charge in [0, 0.05) is 49.6 Å². The zero-order valence-electron chi connectivity index (χ0n) is 16.4. The molecular weight excluding hydrogens is 356 g/mol. The van der Waals surface area contributed by atoms with Gasteiger partial charge in [-0.3, -0.25) is 14.7 Å². The number of rotatable bonds is 5. The average molecular weight is 384 g/mol. The lowest BCUT2D eigenvalue weighted by atomic mass is 9.93. The highest BCUT2D eigenvalue weighted by molar-refractivity contribution is 5.31. The Kier molecular flexibility index (Phi) is 5.85. The molecule has 0 amide bonds. The van der Waals surface area contributed by atoms with Crippen molar-refractivity contribution < 1.29 is 4.74 Å². The third-order valence-electron chi connectivity index (χ3n) is 5.68. The van der Waals surface area contributed by atoms with E-state index in [4.69, 9.17) is 9.72 Å². The molecule has 4 heterocycles. The Hall–Kier alpha value is -2.48. The number of H-pyrrole nitrogens is 1. The van der Waals surface area contributed by atoms with Gasteiger partial charge in [-0.25, -0.2) is 15.0 Å². The number of piperidine rings is 2. The standard InChI is InChI=1S/C20H28N6O2/c1-28-20-21-12-15(13-22-20)14-25-9-5-16(6-10-25)17-11-18(27)24-19(23-17)26-7-3-2-4-8-26/h11-13,16H,2-10,14H2,1H3,(H,23,24,27). The number of aromatic amines is 1. The van der Waals surface area contributed by atoms with E-state index in [2.05, 4.69) is 24.8 Å². The van der Waals surface area contributed by atoms with Crippen LogP contribution in [-0.2, 0) is 6.54 Å². The van der Waals surface area contributed by atoms with E-state index < -0.39 is 0 Å². The van der Waals surface area contributed by atoms with Gasteiger partial charge >= 0.3 is 6.01 Å². The summed E-state index contributed by atoms with van der Waals surface area (Å²) >= 11 is 0. The van der Waals surface area contributed by atoms with Crippen molar-refractivity contribution in [2.45, 2.75) is 44.6 Å². The van der Waals surface area contributed by atoms with Crippen LogP contribution < -0.4 is 15.2 Å². The van der Waals surface area contributed by atoms with Crippen LogP contribution in [-0.4, -0.2) is 58.1 Å². The molecule has 0 aromatic carbocycles. The second kappa shape index (κ2) is 8.68. The summed E-state index contributed by atoms with van der Waals surface area (Å²) in [5.74, 6) is 1.09. The van der Waals surface area contributed by atoms with Gasteiger partial charge in [0.2, 0.25) is 5.95 Å². The predicted molar refractivity (Wildman–Crippen MR) is 107 cm³/mol. The average Bonchev–Trinajstić information content (AvgIpc) is 2.75. The molecule has 2 aromatic rings. The second-order valence-corrected chi connectivity index (χ2v) is 7.67. The van der Waals surface area contributed by atoms with Crippen molar-refractivity contribution in [3.63, 3.8) is 0 Å². The van der Waals surface area contributed by atoms with Crippen LogP contribution in [0.3, 0.4) is 0 Å². The van der Waals surface area contributed by atoms with E-state index in [1.54, 1.807) is 13.2 Å². The van der Waals surface area contributed by atoms with Crippen LogP contribution in [0.4, 0.5) is 5.95 Å². The maximum Gasteiger partial charge on any atom is 0.316 e. The Balaban J connectivity index is 1.37. The minimum absolute atomic E-state index is 0.0385. The van der Waals surface area contributed by atoms with Crippen LogP contribution in [0.5, 0.6) is 6.01 Å². The number of ether oxygens (including phenoxy) is 1. The number of hydrogen-bond donors (Lipinski definition) is 1. The van der Waals surface area contributed by atoms with Crippen molar-refractivity contribution in [2.24, 2.45) is 0 Å². The first-order valence-corrected chi connectivity index (χ1v) is 10.1. The third-order valence-corrected chi connectivity index (χ3v) is 5.68. The summed E-state index contributed by atoms with van der Waals surface area (Å²) in [6.07, 6.45) is 9.25. The van der Waals surface area contributed by atoms with Gasteiger partial charge in [-0.1, -0.05) is 0 Å². The van der Waals surface area contributed by atoms with E-state index in [9.17, 15) is 4.79 Å². The van der Waals surface area contributed by atoms with Gasteiger partial charge in [0.1, 0.15) is 0 Å². The molecule has 0 atom stereocenters. The highest BCUT2D eigenvalue weighted by atomic mass is 16.5. The number of anilines is 1. The lowest BCUT2D eigenvalue weighted by molar-refractivity contribution is 0.202. The molecule has 0 unspecified atom stereocenters. The van der Waals surface area contributed by atoms with E-state index in [1.165, 1.54) is 19.3 Å². The lowest BCUT2D eigenvalue weighted by Crippen LogP contribution is -2.35. The van der Waals surface area contributed by atoms with Gasteiger partial charge in [0.15, 0.2) is 0 Å². The highest BCUT2D eigenvalue weighted by Gasteiger charge is 2.23. The minimum Gasteiger partial charge on any atom is -0.467 e. The quantitative estimate of drug-likeness (QED) is 0.843. The van der Waals surface area contributed by atoms with E-state index in [0.717, 1.165) is 62.8 Å². The molecule has 8 nitrogen and oxygen atoms in total. The number of likely N-dealkylation sites (tertiary alicyclic amines) is 1. The molecule has 2 saturated heterocycles. The number of nitrogens with one attached hydrogen (secondary N) is 1. The molecule has 2 aromatic heterocycles. The van der Waals surface area contributed by atoms with Crippen LogP contribution in [0.1, 0.15) is 49.3 Å². The van der Waals surface area contributed by atoms with E-state index in [1.807, 2.05) is 12.4 Å². The molecule has 2 aliphatic rings. The predicted octanol–water partition coefficient (Wildman–Crippen LogP) is 1.94. The summed E-state index contributed by atoms with van der Waals surface area (Å²) < 4.78 is 5.01. The molecule has 0 aliphatic carbocycles. The molecule has 8 heteroatoms. The molecule has 0 radical (unpaired) electrons. The summed E-state index contributed by atoms with van der Waals surface area (Å²) in [6, 6.07) is 2.08. The van der Waals surface area contributed by atoms with Crippen molar-refractivity contribution in [1.82, 2.24) is 24.8 Å². The molecule has 2 aliphatic heterocycles. The molecule has 1 N–H and O–H groups in total. The van der Waals surface area contributed by atoms with Gasteiger partial charge in [-0.2, -0.15) is 0 Å². The summed E-state index contributed by atoms with van der Waals surface area (Å²) in [5.41, 5.74) is 1.99.